The summed E-state index contributed by atoms with van der Waals surface area (Å²) < 4.78 is 10.6. The number of hydrogen-bond donors (Lipinski definition) is 1. The Morgan fingerprint density at radius 1 is 0.950 bits per heavy atom. The summed E-state index contributed by atoms with van der Waals surface area (Å²) in [6.07, 6.45) is 3.73. The van der Waals surface area contributed by atoms with Crippen LogP contribution in [-0.4, -0.2) is 25.7 Å². The fourth-order valence-corrected chi connectivity index (χ4v) is 1.99. The van der Waals surface area contributed by atoms with Crippen LogP contribution in [0.15, 0.2) is 36.7 Å². The van der Waals surface area contributed by atoms with Gasteiger partial charge in [0.2, 0.25) is 0 Å². The first kappa shape index (κ1) is 14.3. The summed E-state index contributed by atoms with van der Waals surface area (Å²) in [4.78, 5) is 4.30. The summed E-state index contributed by atoms with van der Waals surface area (Å²) in [7, 11) is 3.30. The van der Waals surface area contributed by atoms with Crippen LogP contribution in [0, 0.1) is 0 Å². The third-order valence-electron chi connectivity index (χ3n) is 3.06. The van der Waals surface area contributed by atoms with Crippen LogP contribution in [0.2, 0.25) is 0 Å². The van der Waals surface area contributed by atoms with Gasteiger partial charge in [-0.3, -0.25) is 4.98 Å². The van der Waals surface area contributed by atoms with Gasteiger partial charge in [-0.25, -0.2) is 0 Å². The molecule has 0 fully saturated rings. The van der Waals surface area contributed by atoms with Crippen molar-refractivity contribution in [2.45, 2.75) is 13.5 Å². The zero-order valence-electron chi connectivity index (χ0n) is 12.1. The molecule has 2 rings (SSSR count). The van der Waals surface area contributed by atoms with Crippen molar-refractivity contribution in [2.75, 3.05) is 20.8 Å². The van der Waals surface area contributed by atoms with Crippen LogP contribution >= 0.6 is 0 Å². The summed E-state index contributed by atoms with van der Waals surface area (Å²) in [6.45, 7) is 3.85. The monoisotopic (exact) mass is 272 g/mol. The fraction of sp³-hybridized carbons (Fsp3) is 0.312. The average molecular weight is 272 g/mol. The fourth-order valence-electron chi connectivity index (χ4n) is 1.99. The smallest absolute Gasteiger partial charge is 0.123 e. The highest BCUT2D eigenvalue weighted by Crippen LogP contribution is 2.29. The van der Waals surface area contributed by atoms with Gasteiger partial charge in [-0.15, -0.1) is 0 Å². The highest BCUT2D eigenvalue weighted by atomic mass is 16.5. The van der Waals surface area contributed by atoms with Gasteiger partial charge >= 0.3 is 0 Å². The normalized spacial score (nSPS) is 10.3. The van der Waals surface area contributed by atoms with Gasteiger partial charge in [-0.2, -0.15) is 0 Å². The molecule has 0 aliphatic rings. The van der Waals surface area contributed by atoms with E-state index in [1.807, 2.05) is 30.6 Å². The Balaban J connectivity index is 2.34. The molecule has 0 spiro atoms. The average Bonchev–Trinajstić information content (AvgIpc) is 2.52. The minimum absolute atomic E-state index is 0.774. The van der Waals surface area contributed by atoms with Crippen molar-refractivity contribution in [1.29, 1.82) is 0 Å². The van der Waals surface area contributed by atoms with Crippen molar-refractivity contribution in [3.8, 4) is 22.6 Å². The van der Waals surface area contributed by atoms with Crippen molar-refractivity contribution in [3.63, 3.8) is 0 Å². The van der Waals surface area contributed by atoms with E-state index in [2.05, 4.69) is 23.3 Å². The maximum absolute atomic E-state index is 5.30. The van der Waals surface area contributed by atoms with Gasteiger partial charge in [0, 0.05) is 30.6 Å². The van der Waals surface area contributed by atoms with Gasteiger partial charge < -0.3 is 14.8 Å². The summed E-state index contributed by atoms with van der Waals surface area (Å²) in [5.41, 5.74) is 3.25. The zero-order chi connectivity index (χ0) is 14.4. The lowest BCUT2D eigenvalue weighted by Crippen LogP contribution is -2.11. The predicted octanol–water partition coefficient (Wildman–Crippen LogP) is 2.88. The Morgan fingerprint density at radius 3 is 2.25 bits per heavy atom. The molecule has 0 unspecified atom stereocenters. The Morgan fingerprint density at radius 2 is 1.65 bits per heavy atom. The molecule has 4 heteroatoms. The van der Waals surface area contributed by atoms with E-state index in [1.165, 1.54) is 0 Å². The van der Waals surface area contributed by atoms with E-state index < -0.39 is 0 Å². The first-order chi connectivity index (χ1) is 9.76. The largest absolute Gasteiger partial charge is 0.497 e. The number of ether oxygens (including phenoxy) is 2. The molecule has 0 saturated heterocycles. The summed E-state index contributed by atoms with van der Waals surface area (Å²) in [6, 6.07) is 7.95. The lowest BCUT2D eigenvalue weighted by Gasteiger charge is -2.09. The number of nitrogens with one attached hydrogen (secondary N) is 1. The molecular weight excluding hydrogens is 252 g/mol. The van der Waals surface area contributed by atoms with Crippen molar-refractivity contribution < 1.29 is 9.47 Å². The molecule has 0 aliphatic heterocycles. The van der Waals surface area contributed by atoms with Crippen molar-refractivity contribution >= 4 is 0 Å². The van der Waals surface area contributed by atoms with Crippen molar-refractivity contribution in [2.24, 2.45) is 0 Å². The van der Waals surface area contributed by atoms with E-state index in [0.29, 0.717) is 0 Å². The Labute approximate surface area is 119 Å². The number of aromatic nitrogens is 1. The maximum Gasteiger partial charge on any atom is 0.123 e. The van der Waals surface area contributed by atoms with Gasteiger partial charge in [0.05, 0.1) is 14.2 Å². The molecule has 2 aromatic rings. The topological polar surface area (TPSA) is 43.4 Å². The van der Waals surface area contributed by atoms with Crippen molar-refractivity contribution in [1.82, 2.24) is 10.3 Å². The third-order valence-corrected chi connectivity index (χ3v) is 3.06. The lowest BCUT2D eigenvalue weighted by molar-refractivity contribution is 0.394. The standard InChI is InChI=1S/C16H20N2O2/c1-4-17-9-12-5-14(11-18-10-12)13-6-15(19-2)8-16(7-13)20-3/h5-8,10-11,17H,4,9H2,1-3H3. The summed E-state index contributed by atoms with van der Waals surface area (Å²) in [5.74, 6) is 1.55. The number of benzene rings is 1. The number of hydrogen-bond acceptors (Lipinski definition) is 4. The highest BCUT2D eigenvalue weighted by Gasteiger charge is 2.05. The van der Waals surface area contributed by atoms with Crippen LogP contribution in [-0.2, 0) is 6.54 Å². The van der Waals surface area contributed by atoms with Crippen LogP contribution in [0.4, 0.5) is 0 Å². The second kappa shape index (κ2) is 6.91. The van der Waals surface area contributed by atoms with E-state index in [9.17, 15) is 0 Å². The second-order valence-corrected chi connectivity index (χ2v) is 4.46. The molecule has 0 radical (unpaired) electrons. The van der Waals surface area contributed by atoms with Crippen LogP contribution < -0.4 is 14.8 Å². The number of rotatable bonds is 6. The molecule has 0 bridgehead atoms. The molecule has 4 nitrogen and oxygen atoms in total. The maximum atomic E-state index is 5.30. The molecule has 1 aromatic carbocycles. The Kier molecular flexibility index (Phi) is 4.96. The molecule has 0 saturated carbocycles. The summed E-state index contributed by atoms with van der Waals surface area (Å²) in [5, 5.41) is 3.30. The van der Waals surface area contributed by atoms with Gasteiger partial charge in [0.15, 0.2) is 0 Å². The number of pyridine rings is 1. The van der Waals surface area contributed by atoms with Crippen molar-refractivity contribution in [3.05, 3.63) is 42.2 Å². The minimum atomic E-state index is 0.774. The van der Waals surface area contributed by atoms with E-state index in [0.717, 1.165) is 41.3 Å². The predicted molar refractivity (Wildman–Crippen MR) is 80.2 cm³/mol. The summed E-state index contributed by atoms with van der Waals surface area (Å²) >= 11 is 0. The van der Waals surface area contributed by atoms with Crippen LogP contribution in [0.25, 0.3) is 11.1 Å². The molecule has 1 aromatic heterocycles. The van der Waals surface area contributed by atoms with E-state index in [1.54, 1.807) is 14.2 Å². The zero-order valence-corrected chi connectivity index (χ0v) is 12.1. The van der Waals surface area contributed by atoms with Gasteiger partial charge in [-0.1, -0.05) is 6.92 Å². The SMILES string of the molecule is CCNCc1cncc(-c2cc(OC)cc(OC)c2)c1. The first-order valence-electron chi connectivity index (χ1n) is 6.65. The molecule has 0 atom stereocenters. The molecule has 106 valence electrons. The number of nitrogens with zero attached hydrogens (tertiary/aromatic N) is 1. The van der Waals surface area contributed by atoms with E-state index in [4.69, 9.17) is 9.47 Å². The molecule has 20 heavy (non-hydrogen) atoms. The van der Waals surface area contributed by atoms with Gasteiger partial charge in [0.1, 0.15) is 11.5 Å². The number of methoxy groups -OCH3 is 2. The minimum Gasteiger partial charge on any atom is -0.497 e. The van der Waals surface area contributed by atoms with Crippen LogP contribution in [0.1, 0.15) is 12.5 Å². The van der Waals surface area contributed by atoms with E-state index in [-0.39, 0.29) is 0 Å². The molecule has 0 aliphatic carbocycles. The third kappa shape index (κ3) is 3.48. The lowest BCUT2D eigenvalue weighted by atomic mass is 10.1. The molecule has 1 heterocycles. The first-order valence-corrected chi connectivity index (χ1v) is 6.65. The van der Waals surface area contributed by atoms with Crippen LogP contribution in [0.3, 0.4) is 0 Å². The quantitative estimate of drug-likeness (QED) is 0.878. The highest BCUT2D eigenvalue weighted by molar-refractivity contribution is 5.67. The molecular formula is C16H20N2O2. The van der Waals surface area contributed by atoms with Gasteiger partial charge in [-0.05, 0) is 35.9 Å². The van der Waals surface area contributed by atoms with Crippen LogP contribution in [0.5, 0.6) is 11.5 Å². The Bertz CT molecular complexity index is 548. The molecule has 0 amide bonds. The molecule has 1 N–H and O–H groups in total. The Hall–Kier alpha value is -2.07. The second-order valence-electron chi connectivity index (χ2n) is 4.46. The van der Waals surface area contributed by atoms with Gasteiger partial charge in [0.25, 0.3) is 0 Å². The van der Waals surface area contributed by atoms with E-state index >= 15 is 0 Å².